The molecule has 0 amide bonds. The molecule has 0 aliphatic heterocycles. The highest BCUT2D eigenvalue weighted by Crippen LogP contribution is 2.27. The summed E-state index contributed by atoms with van der Waals surface area (Å²) in [5.74, 6) is 0.0657. The summed E-state index contributed by atoms with van der Waals surface area (Å²) in [5, 5.41) is 9.17. The maximum atomic E-state index is 11.2. The Morgan fingerprint density at radius 1 is 0.963 bits per heavy atom. The monoisotopic (exact) mass is 370 g/mol. The van der Waals surface area contributed by atoms with E-state index in [-0.39, 0.29) is 11.3 Å². The lowest BCUT2D eigenvalue weighted by atomic mass is 10.1. The Hall–Kier alpha value is -2.69. The Kier molecular flexibility index (Phi) is 7.99. The van der Waals surface area contributed by atoms with Gasteiger partial charge in [-0.3, -0.25) is 0 Å². The molecule has 3 N–H and O–H groups in total. The van der Waals surface area contributed by atoms with E-state index in [0.717, 1.165) is 13.1 Å². The molecule has 0 saturated carbocycles. The van der Waals surface area contributed by atoms with Gasteiger partial charge in [0.2, 0.25) is 0 Å². The molecule has 0 aliphatic carbocycles. The first-order valence-electron chi connectivity index (χ1n) is 9.70. The number of nitrogens with zero attached hydrogens (tertiary/aromatic N) is 1. The highest BCUT2D eigenvalue weighted by atomic mass is 16.5. The van der Waals surface area contributed by atoms with E-state index in [1.54, 1.807) is 12.1 Å². The number of nitrogen functional groups attached to an aromatic ring is 1. The molecular formula is C22H30N2O3. The van der Waals surface area contributed by atoms with Crippen LogP contribution in [0.15, 0.2) is 42.5 Å². The summed E-state index contributed by atoms with van der Waals surface area (Å²) in [6.45, 7) is 6.54. The van der Waals surface area contributed by atoms with E-state index >= 15 is 0 Å². The number of nitrogens with two attached hydrogens (primary N) is 1. The number of carboxylic acids is 1. The van der Waals surface area contributed by atoms with Gasteiger partial charge in [-0.1, -0.05) is 33.1 Å². The van der Waals surface area contributed by atoms with Gasteiger partial charge in [-0.25, -0.2) is 4.79 Å². The van der Waals surface area contributed by atoms with Crippen LogP contribution >= 0.6 is 0 Å². The van der Waals surface area contributed by atoms with E-state index in [1.807, 2.05) is 12.1 Å². The highest BCUT2D eigenvalue weighted by Gasteiger charge is 2.10. The molecule has 2 aromatic carbocycles. The van der Waals surface area contributed by atoms with Crippen molar-refractivity contribution in [1.29, 1.82) is 0 Å². The Labute approximate surface area is 161 Å². The molecule has 0 radical (unpaired) electrons. The van der Waals surface area contributed by atoms with Crippen LogP contribution in [0.5, 0.6) is 11.5 Å². The van der Waals surface area contributed by atoms with Crippen molar-refractivity contribution in [3.8, 4) is 11.5 Å². The smallest absolute Gasteiger partial charge is 0.337 e. The zero-order valence-corrected chi connectivity index (χ0v) is 16.3. The SMILES string of the molecule is CCCCCN(CCCC)c1ccc(Oc2ccc(N)c(C(=O)O)c2)cc1. The third kappa shape index (κ3) is 6.20. The number of aromatic carboxylic acids is 1. The van der Waals surface area contributed by atoms with Crippen LogP contribution in [0, 0.1) is 0 Å². The van der Waals surface area contributed by atoms with Crippen molar-refractivity contribution >= 4 is 17.3 Å². The van der Waals surface area contributed by atoms with Crippen LogP contribution < -0.4 is 15.4 Å². The molecule has 146 valence electrons. The summed E-state index contributed by atoms with van der Waals surface area (Å²) in [4.78, 5) is 13.6. The predicted molar refractivity (Wildman–Crippen MR) is 111 cm³/mol. The van der Waals surface area contributed by atoms with E-state index in [9.17, 15) is 9.90 Å². The number of anilines is 2. The number of carboxylic acid groups (broad SMARTS) is 1. The maximum absolute atomic E-state index is 11.2. The Balaban J connectivity index is 2.08. The molecule has 0 heterocycles. The fourth-order valence-corrected chi connectivity index (χ4v) is 2.92. The van der Waals surface area contributed by atoms with E-state index in [1.165, 1.54) is 43.9 Å². The molecule has 0 aromatic heterocycles. The largest absolute Gasteiger partial charge is 0.478 e. The lowest BCUT2D eigenvalue weighted by Crippen LogP contribution is -2.25. The Bertz CT molecular complexity index is 729. The van der Waals surface area contributed by atoms with Gasteiger partial charge in [0.15, 0.2) is 0 Å². The standard InChI is InChI=1S/C22H30N2O3/c1-3-5-7-15-24(14-6-4-2)17-8-10-18(11-9-17)27-19-12-13-21(23)20(16-19)22(25)26/h8-13,16H,3-7,14-15,23H2,1-2H3,(H,25,26). The second-order valence-electron chi connectivity index (χ2n) is 6.70. The number of hydrogen-bond acceptors (Lipinski definition) is 4. The van der Waals surface area contributed by atoms with Gasteiger partial charge in [-0.15, -0.1) is 0 Å². The van der Waals surface area contributed by atoms with Crippen molar-refractivity contribution in [1.82, 2.24) is 0 Å². The van der Waals surface area contributed by atoms with Gasteiger partial charge in [0.25, 0.3) is 0 Å². The molecule has 5 heteroatoms. The molecule has 0 aliphatic rings. The molecule has 0 atom stereocenters. The summed E-state index contributed by atoms with van der Waals surface area (Å²) in [6, 6.07) is 12.6. The molecule has 0 saturated heterocycles. The fraction of sp³-hybridized carbons (Fsp3) is 0.409. The second kappa shape index (κ2) is 10.5. The van der Waals surface area contributed by atoms with Crippen LogP contribution in [0.4, 0.5) is 11.4 Å². The molecule has 27 heavy (non-hydrogen) atoms. The number of rotatable bonds is 11. The Morgan fingerprint density at radius 3 is 2.22 bits per heavy atom. The van der Waals surface area contributed by atoms with Gasteiger partial charge >= 0.3 is 5.97 Å². The summed E-state index contributed by atoms with van der Waals surface area (Å²) < 4.78 is 5.80. The van der Waals surface area contributed by atoms with Crippen molar-refractivity contribution in [2.45, 2.75) is 46.0 Å². The molecule has 5 nitrogen and oxygen atoms in total. The molecule has 0 fully saturated rings. The van der Waals surface area contributed by atoms with Gasteiger partial charge in [0.1, 0.15) is 11.5 Å². The lowest BCUT2D eigenvalue weighted by Gasteiger charge is -2.25. The first-order valence-corrected chi connectivity index (χ1v) is 9.70. The number of unbranched alkanes of at least 4 members (excludes halogenated alkanes) is 3. The number of hydrogen-bond donors (Lipinski definition) is 2. The minimum absolute atomic E-state index is 0.0470. The second-order valence-corrected chi connectivity index (χ2v) is 6.70. The number of benzene rings is 2. The van der Waals surface area contributed by atoms with Crippen molar-refractivity contribution in [2.24, 2.45) is 0 Å². The number of ether oxygens (including phenoxy) is 1. The van der Waals surface area contributed by atoms with E-state index in [2.05, 4.69) is 30.9 Å². The summed E-state index contributed by atoms with van der Waals surface area (Å²) in [5.41, 5.74) is 7.15. The van der Waals surface area contributed by atoms with Gasteiger partial charge in [-0.2, -0.15) is 0 Å². The third-order valence-electron chi connectivity index (χ3n) is 4.51. The quantitative estimate of drug-likeness (QED) is 0.400. The van der Waals surface area contributed by atoms with Gasteiger partial charge in [0, 0.05) is 24.5 Å². The predicted octanol–water partition coefficient (Wildman–Crippen LogP) is 5.56. The zero-order chi connectivity index (χ0) is 19.6. The van der Waals surface area contributed by atoms with Crippen LogP contribution in [0.25, 0.3) is 0 Å². The van der Waals surface area contributed by atoms with Gasteiger partial charge < -0.3 is 20.5 Å². The topological polar surface area (TPSA) is 75.8 Å². The summed E-state index contributed by atoms with van der Waals surface area (Å²) >= 11 is 0. The highest BCUT2D eigenvalue weighted by molar-refractivity contribution is 5.94. The van der Waals surface area contributed by atoms with Crippen molar-refractivity contribution in [3.63, 3.8) is 0 Å². The normalized spacial score (nSPS) is 10.6. The van der Waals surface area contributed by atoms with Crippen LogP contribution in [-0.2, 0) is 0 Å². The molecule has 2 rings (SSSR count). The molecular weight excluding hydrogens is 340 g/mol. The minimum Gasteiger partial charge on any atom is -0.478 e. The zero-order valence-electron chi connectivity index (χ0n) is 16.3. The molecule has 0 spiro atoms. The van der Waals surface area contributed by atoms with Gasteiger partial charge in [-0.05, 0) is 55.3 Å². The maximum Gasteiger partial charge on any atom is 0.337 e. The van der Waals surface area contributed by atoms with Crippen LogP contribution in [0.2, 0.25) is 0 Å². The summed E-state index contributed by atoms with van der Waals surface area (Å²) in [6.07, 6.45) is 6.01. The van der Waals surface area contributed by atoms with Crippen molar-refractivity contribution in [2.75, 3.05) is 23.7 Å². The minimum atomic E-state index is -1.06. The van der Waals surface area contributed by atoms with E-state index in [0.29, 0.717) is 11.5 Å². The first-order chi connectivity index (χ1) is 13.0. The van der Waals surface area contributed by atoms with Crippen molar-refractivity contribution in [3.05, 3.63) is 48.0 Å². The Morgan fingerprint density at radius 2 is 1.59 bits per heavy atom. The molecule has 2 aromatic rings. The number of carbonyl (C=O) groups is 1. The molecule has 0 bridgehead atoms. The lowest BCUT2D eigenvalue weighted by molar-refractivity contribution is 0.0697. The average molecular weight is 370 g/mol. The fourth-order valence-electron chi connectivity index (χ4n) is 2.92. The third-order valence-corrected chi connectivity index (χ3v) is 4.51. The van der Waals surface area contributed by atoms with Crippen LogP contribution in [-0.4, -0.2) is 24.2 Å². The summed E-state index contributed by atoms with van der Waals surface area (Å²) in [7, 11) is 0. The van der Waals surface area contributed by atoms with E-state index < -0.39 is 5.97 Å². The van der Waals surface area contributed by atoms with E-state index in [4.69, 9.17) is 10.5 Å². The van der Waals surface area contributed by atoms with Crippen LogP contribution in [0.3, 0.4) is 0 Å². The van der Waals surface area contributed by atoms with Crippen LogP contribution in [0.1, 0.15) is 56.3 Å². The average Bonchev–Trinajstić information content (AvgIpc) is 2.66. The molecule has 0 unspecified atom stereocenters. The van der Waals surface area contributed by atoms with Crippen molar-refractivity contribution < 1.29 is 14.6 Å². The first kappa shape index (κ1) is 20.6. The van der Waals surface area contributed by atoms with Gasteiger partial charge in [0.05, 0.1) is 5.56 Å².